The zero-order valence-electron chi connectivity index (χ0n) is 11.3. The second kappa shape index (κ2) is 6.85. The summed E-state index contributed by atoms with van der Waals surface area (Å²) in [6.45, 7) is 4.00. The van der Waals surface area contributed by atoms with Gasteiger partial charge in [-0.2, -0.15) is 4.31 Å². The van der Waals surface area contributed by atoms with Crippen LogP contribution in [-0.2, 0) is 21.3 Å². The number of thiophene rings is 1. The summed E-state index contributed by atoms with van der Waals surface area (Å²) < 4.78 is 33.0. The quantitative estimate of drug-likeness (QED) is 0.846. The zero-order chi connectivity index (χ0) is 14.8. The highest BCUT2D eigenvalue weighted by atomic mass is 79.9. The number of nitrogens with two attached hydrogens (primary N) is 1. The summed E-state index contributed by atoms with van der Waals surface area (Å²) in [4.78, 5) is 1.19. The predicted octanol–water partition coefficient (Wildman–Crippen LogP) is 2.16. The van der Waals surface area contributed by atoms with E-state index in [1.54, 1.807) is 6.07 Å². The first kappa shape index (κ1) is 16.4. The average Bonchev–Trinajstić information content (AvgIpc) is 2.82. The molecule has 0 saturated carbocycles. The van der Waals surface area contributed by atoms with Crippen molar-refractivity contribution in [3.05, 3.63) is 14.7 Å². The van der Waals surface area contributed by atoms with Gasteiger partial charge in [0.1, 0.15) is 4.90 Å². The Bertz CT molecular complexity index is 551. The zero-order valence-corrected chi connectivity index (χ0v) is 14.6. The Kier molecular flexibility index (Phi) is 5.61. The first-order chi connectivity index (χ1) is 9.48. The molecule has 1 aromatic rings. The molecule has 2 rings (SSSR count). The fourth-order valence-corrected chi connectivity index (χ4v) is 6.27. The maximum atomic E-state index is 12.6. The molecule has 1 saturated heterocycles. The van der Waals surface area contributed by atoms with Crippen LogP contribution >= 0.6 is 27.3 Å². The fraction of sp³-hybridized carbons (Fsp3) is 0.667. The van der Waals surface area contributed by atoms with Crippen molar-refractivity contribution < 1.29 is 13.2 Å². The highest BCUT2D eigenvalue weighted by Gasteiger charge is 2.31. The van der Waals surface area contributed by atoms with E-state index in [4.69, 9.17) is 10.5 Å². The van der Waals surface area contributed by atoms with E-state index in [0.717, 1.165) is 17.7 Å². The minimum Gasteiger partial charge on any atom is -0.378 e. The smallest absolute Gasteiger partial charge is 0.245 e. The molecule has 1 aliphatic rings. The molecule has 0 atom stereocenters. The van der Waals surface area contributed by atoms with Crippen LogP contribution in [0.25, 0.3) is 0 Å². The fourth-order valence-electron chi connectivity index (χ4n) is 2.29. The van der Waals surface area contributed by atoms with Gasteiger partial charge in [-0.15, -0.1) is 11.3 Å². The molecule has 0 radical (unpaired) electrons. The summed E-state index contributed by atoms with van der Waals surface area (Å²) in [5.41, 5.74) is 5.57. The lowest BCUT2D eigenvalue weighted by molar-refractivity contribution is 0.0290. The van der Waals surface area contributed by atoms with E-state index >= 15 is 0 Å². The van der Waals surface area contributed by atoms with Crippen molar-refractivity contribution in [2.75, 3.05) is 19.7 Å². The Morgan fingerprint density at radius 1 is 1.50 bits per heavy atom. The molecule has 8 heteroatoms. The molecule has 0 unspecified atom stereocenters. The van der Waals surface area contributed by atoms with E-state index in [1.165, 1.54) is 15.6 Å². The van der Waals surface area contributed by atoms with Crippen LogP contribution in [0.15, 0.2) is 14.7 Å². The Hall–Kier alpha value is 0.01000. The molecule has 2 N–H and O–H groups in total. The molecular weight excluding hydrogens is 364 g/mol. The number of hydrogen-bond donors (Lipinski definition) is 1. The number of halogens is 1. The van der Waals surface area contributed by atoms with Gasteiger partial charge in [-0.25, -0.2) is 8.42 Å². The van der Waals surface area contributed by atoms with Gasteiger partial charge < -0.3 is 10.5 Å². The van der Waals surface area contributed by atoms with Crippen molar-refractivity contribution in [2.45, 2.75) is 37.3 Å². The molecule has 1 aliphatic heterocycles. The molecule has 0 bridgehead atoms. The first-order valence-corrected chi connectivity index (χ1v) is 9.64. The summed E-state index contributed by atoms with van der Waals surface area (Å²) in [7, 11) is -3.43. The van der Waals surface area contributed by atoms with Crippen LogP contribution in [0.5, 0.6) is 0 Å². The van der Waals surface area contributed by atoms with Gasteiger partial charge in [0.2, 0.25) is 10.0 Å². The first-order valence-electron chi connectivity index (χ1n) is 6.59. The van der Waals surface area contributed by atoms with E-state index in [2.05, 4.69) is 15.9 Å². The Labute approximate surface area is 132 Å². The minimum atomic E-state index is -3.43. The van der Waals surface area contributed by atoms with Gasteiger partial charge in [0.25, 0.3) is 0 Å². The maximum absolute atomic E-state index is 12.6. The van der Waals surface area contributed by atoms with Crippen LogP contribution < -0.4 is 5.73 Å². The predicted molar refractivity (Wildman–Crippen MR) is 83.3 cm³/mol. The van der Waals surface area contributed by atoms with Crippen molar-refractivity contribution >= 4 is 37.3 Å². The van der Waals surface area contributed by atoms with Gasteiger partial charge in [0.15, 0.2) is 0 Å². The average molecular weight is 383 g/mol. The Morgan fingerprint density at radius 2 is 2.15 bits per heavy atom. The number of rotatable bonds is 5. The summed E-state index contributed by atoms with van der Waals surface area (Å²) in [6, 6.07) is 1.67. The van der Waals surface area contributed by atoms with Gasteiger partial charge in [0, 0.05) is 31.1 Å². The van der Waals surface area contributed by atoms with E-state index in [0.29, 0.717) is 34.9 Å². The Morgan fingerprint density at radius 3 is 2.65 bits per heavy atom. The molecule has 20 heavy (non-hydrogen) atoms. The molecule has 5 nitrogen and oxygen atoms in total. The topological polar surface area (TPSA) is 72.6 Å². The standard InChI is InChI=1S/C12H19BrN2O3S2/c1-2-18-9-3-5-15(6-4-9)20(16,17)11-7-10(8-14)19-12(11)13/h7,9H,2-6,8,14H2,1H3. The monoisotopic (exact) mass is 382 g/mol. The third-order valence-corrected chi connectivity index (χ3v) is 7.50. The van der Waals surface area contributed by atoms with Gasteiger partial charge >= 0.3 is 0 Å². The number of nitrogens with zero attached hydrogens (tertiary/aromatic N) is 1. The van der Waals surface area contributed by atoms with Crippen molar-refractivity contribution in [1.29, 1.82) is 0 Å². The molecule has 1 fully saturated rings. The van der Waals surface area contributed by atoms with E-state index in [9.17, 15) is 8.42 Å². The molecule has 0 aliphatic carbocycles. The van der Waals surface area contributed by atoms with Crippen molar-refractivity contribution in [3.8, 4) is 0 Å². The van der Waals surface area contributed by atoms with Gasteiger partial charge in [-0.1, -0.05) is 0 Å². The SMILES string of the molecule is CCOC1CCN(S(=O)(=O)c2cc(CN)sc2Br)CC1. The van der Waals surface area contributed by atoms with Crippen LogP contribution in [0.1, 0.15) is 24.6 Å². The van der Waals surface area contributed by atoms with Crippen LogP contribution in [0.4, 0.5) is 0 Å². The van der Waals surface area contributed by atoms with Crippen molar-refractivity contribution in [2.24, 2.45) is 5.73 Å². The Balaban J connectivity index is 2.13. The molecule has 2 heterocycles. The number of hydrogen-bond acceptors (Lipinski definition) is 5. The molecule has 0 aromatic carbocycles. The normalized spacial score (nSPS) is 18.6. The maximum Gasteiger partial charge on any atom is 0.245 e. The minimum absolute atomic E-state index is 0.178. The lowest BCUT2D eigenvalue weighted by Crippen LogP contribution is -2.40. The third kappa shape index (κ3) is 3.42. The van der Waals surface area contributed by atoms with Crippen molar-refractivity contribution in [1.82, 2.24) is 4.31 Å². The van der Waals surface area contributed by atoms with Crippen LogP contribution in [0.2, 0.25) is 0 Å². The van der Waals surface area contributed by atoms with Crippen molar-refractivity contribution in [3.63, 3.8) is 0 Å². The molecular formula is C12H19BrN2O3S2. The largest absolute Gasteiger partial charge is 0.378 e. The van der Waals surface area contributed by atoms with E-state index in [1.807, 2.05) is 6.92 Å². The summed E-state index contributed by atoms with van der Waals surface area (Å²) >= 11 is 4.70. The lowest BCUT2D eigenvalue weighted by Gasteiger charge is -2.30. The molecule has 1 aromatic heterocycles. The summed E-state index contributed by atoms with van der Waals surface area (Å²) in [6.07, 6.45) is 1.67. The molecule has 0 amide bonds. The number of sulfonamides is 1. The molecule has 0 spiro atoms. The summed E-state index contributed by atoms with van der Waals surface area (Å²) in [5, 5.41) is 0. The van der Waals surface area contributed by atoms with Crippen LogP contribution in [-0.4, -0.2) is 38.5 Å². The van der Waals surface area contributed by atoms with Gasteiger partial charge in [-0.05, 0) is 41.8 Å². The van der Waals surface area contributed by atoms with Crippen LogP contribution in [0.3, 0.4) is 0 Å². The number of ether oxygens (including phenoxy) is 1. The lowest BCUT2D eigenvalue weighted by atomic mass is 10.1. The van der Waals surface area contributed by atoms with E-state index < -0.39 is 10.0 Å². The van der Waals surface area contributed by atoms with Crippen LogP contribution in [0, 0.1) is 0 Å². The van der Waals surface area contributed by atoms with Gasteiger partial charge in [-0.3, -0.25) is 0 Å². The number of piperidine rings is 1. The molecule has 114 valence electrons. The second-order valence-electron chi connectivity index (χ2n) is 4.61. The van der Waals surface area contributed by atoms with E-state index in [-0.39, 0.29) is 6.10 Å². The van der Waals surface area contributed by atoms with Gasteiger partial charge in [0.05, 0.1) is 9.89 Å². The third-order valence-electron chi connectivity index (χ3n) is 3.33. The highest BCUT2D eigenvalue weighted by Crippen LogP contribution is 2.34. The summed E-state index contributed by atoms with van der Waals surface area (Å²) in [5.74, 6) is 0. The highest BCUT2D eigenvalue weighted by molar-refractivity contribution is 9.11. The second-order valence-corrected chi connectivity index (χ2v) is 8.97.